The number of rotatable bonds is 3. The van der Waals surface area contributed by atoms with Gasteiger partial charge in [-0.2, -0.15) is 0 Å². The van der Waals surface area contributed by atoms with Gasteiger partial charge in [-0.15, -0.1) is 0 Å². The Balaban J connectivity index is 2.57. The second-order valence-corrected chi connectivity index (χ2v) is 3.20. The molecule has 2 aromatic rings. The lowest BCUT2D eigenvalue weighted by Gasteiger charge is -2.08. The van der Waals surface area contributed by atoms with E-state index < -0.39 is 0 Å². The summed E-state index contributed by atoms with van der Waals surface area (Å²) in [6.07, 6.45) is 0. The fraction of sp³-hybridized carbons (Fsp3) is 0.167. The first-order valence-electron chi connectivity index (χ1n) is 4.71. The molecule has 78 valence electrons. The van der Waals surface area contributed by atoms with E-state index in [1.54, 1.807) is 14.2 Å². The van der Waals surface area contributed by atoms with Gasteiger partial charge in [0.2, 0.25) is 0 Å². The predicted octanol–water partition coefficient (Wildman–Crippen LogP) is 2.82. The van der Waals surface area contributed by atoms with Crippen LogP contribution in [0.15, 0.2) is 36.4 Å². The predicted molar refractivity (Wildman–Crippen MR) is 61.1 cm³/mol. The molecule has 0 aromatic heterocycles. The zero-order valence-corrected chi connectivity index (χ0v) is 8.78. The topological polar surface area (TPSA) is 30.5 Å². The maximum Gasteiger partial charge on any atom is 0.126 e. The van der Waals surface area contributed by atoms with Crippen molar-refractivity contribution in [3.63, 3.8) is 0 Å². The summed E-state index contributed by atoms with van der Waals surface area (Å²) in [6.45, 7) is 0. The van der Waals surface area contributed by atoms with Gasteiger partial charge in [-0.05, 0) is 23.6 Å². The number of anilines is 1. The van der Waals surface area contributed by atoms with Crippen LogP contribution in [-0.4, -0.2) is 14.2 Å². The smallest absolute Gasteiger partial charge is 0.126 e. The molecule has 2 rings (SSSR count). The molecule has 0 bridgehead atoms. The third kappa shape index (κ3) is 1.87. The Morgan fingerprint density at radius 3 is 2.67 bits per heavy atom. The van der Waals surface area contributed by atoms with Crippen molar-refractivity contribution in [1.29, 1.82) is 0 Å². The molecule has 0 unspecified atom stereocenters. The van der Waals surface area contributed by atoms with Crippen molar-refractivity contribution in [2.45, 2.75) is 0 Å². The summed E-state index contributed by atoms with van der Waals surface area (Å²) in [4.78, 5) is 4.86. The summed E-state index contributed by atoms with van der Waals surface area (Å²) < 4.78 is 5.29. The molecule has 0 aliphatic rings. The third-order valence-electron chi connectivity index (χ3n) is 2.28. The van der Waals surface area contributed by atoms with E-state index in [4.69, 9.17) is 9.57 Å². The second-order valence-electron chi connectivity index (χ2n) is 3.20. The van der Waals surface area contributed by atoms with Gasteiger partial charge < -0.3 is 4.74 Å². The standard InChI is InChI=1S/C12H13NO2/c1-14-12-5-3-4-9-6-7-10(13-15-2)8-11(9)12/h3-8,13H,1-2H3. The van der Waals surface area contributed by atoms with Gasteiger partial charge in [0.05, 0.1) is 19.9 Å². The summed E-state index contributed by atoms with van der Waals surface area (Å²) >= 11 is 0. The van der Waals surface area contributed by atoms with Crippen molar-refractivity contribution in [3.05, 3.63) is 36.4 Å². The van der Waals surface area contributed by atoms with Crippen LogP contribution in [0.4, 0.5) is 5.69 Å². The highest BCUT2D eigenvalue weighted by molar-refractivity contribution is 5.90. The summed E-state index contributed by atoms with van der Waals surface area (Å²) in [5, 5.41) is 2.22. The van der Waals surface area contributed by atoms with Crippen LogP contribution in [0.1, 0.15) is 0 Å². The van der Waals surface area contributed by atoms with Gasteiger partial charge in [-0.1, -0.05) is 18.2 Å². The minimum Gasteiger partial charge on any atom is -0.496 e. The molecule has 0 spiro atoms. The van der Waals surface area contributed by atoms with Crippen LogP contribution in [-0.2, 0) is 4.84 Å². The minimum atomic E-state index is 0.868. The SMILES string of the molecule is CONc1ccc2cccc(OC)c2c1. The summed E-state index contributed by atoms with van der Waals surface area (Å²) in [7, 11) is 3.26. The summed E-state index contributed by atoms with van der Waals surface area (Å²) in [5.41, 5.74) is 3.71. The second kappa shape index (κ2) is 4.19. The van der Waals surface area contributed by atoms with Crippen molar-refractivity contribution in [1.82, 2.24) is 0 Å². The van der Waals surface area contributed by atoms with E-state index >= 15 is 0 Å². The molecule has 0 atom stereocenters. The van der Waals surface area contributed by atoms with Crippen LogP contribution in [0.3, 0.4) is 0 Å². The van der Waals surface area contributed by atoms with Gasteiger partial charge in [0.15, 0.2) is 0 Å². The van der Waals surface area contributed by atoms with Crippen LogP contribution in [0.2, 0.25) is 0 Å². The Morgan fingerprint density at radius 1 is 1.07 bits per heavy atom. The lowest BCUT2D eigenvalue weighted by molar-refractivity contribution is 0.271. The molecule has 0 amide bonds. The molecule has 0 heterocycles. The molecule has 0 saturated heterocycles. The third-order valence-corrected chi connectivity index (χ3v) is 2.28. The Hall–Kier alpha value is -1.74. The van der Waals surface area contributed by atoms with E-state index in [1.807, 2.05) is 30.3 Å². The molecule has 0 aliphatic heterocycles. The quantitative estimate of drug-likeness (QED) is 0.778. The molecule has 15 heavy (non-hydrogen) atoms. The molecular formula is C12H13NO2. The van der Waals surface area contributed by atoms with Crippen molar-refractivity contribution < 1.29 is 9.57 Å². The number of ether oxygens (including phenoxy) is 1. The maximum atomic E-state index is 5.29. The number of fused-ring (bicyclic) bond motifs is 1. The largest absolute Gasteiger partial charge is 0.496 e. The number of benzene rings is 2. The number of hydrogen-bond acceptors (Lipinski definition) is 3. The van der Waals surface area contributed by atoms with E-state index in [2.05, 4.69) is 11.5 Å². The highest BCUT2D eigenvalue weighted by Crippen LogP contribution is 2.27. The maximum absolute atomic E-state index is 5.29. The first-order valence-corrected chi connectivity index (χ1v) is 4.71. The molecule has 1 N–H and O–H groups in total. The van der Waals surface area contributed by atoms with Crippen molar-refractivity contribution in [3.8, 4) is 5.75 Å². The van der Waals surface area contributed by atoms with Gasteiger partial charge in [-0.25, -0.2) is 0 Å². The zero-order chi connectivity index (χ0) is 10.7. The van der Waals surface area contributed by atoms with Gasteiger partial charge in [0.1, 0.15) is 5.75 Å². The van der Waals surface area contributed by atoms with Gasteiger partial charge in [0, 0.05) is 5.39 Å². The lowest BCUT2D eigenvalue weighted by atomic mass is 10.1. The monoisotopic (exact) mass is 203 g/mol. The van der Waals surface area contributed by atoms with Crippen molar-refractivity contribution in [2.24, 2.45) is 0 Å². The number of nitrogens with one attached hydrogen (secondary N) is 1. The molecule has 2 aromatic carbocycles. The Kier molecular flexibility index (Phi) is 2.74. The summed E-state index contributed by atoms with van der Waals surface area (Å²) in [5.74, 6) is 0.868. The zero-order valence-electron chi connectivity index (χ0n) is 8.78. The highest BCUT2D eigenvalue weighted by Gasteiger charge is 2.01. The number of hydrogen-bond donors (Lipinski definition) is 1. The average molecular weight is 203 g/mol. The van der Waals surface area contributed by atoms with Crippen LogP contribution < -0.4 is 10.2 Å². The molecule has 3 heteroatoms. The molecule has 0 radical (unpaired) electrons. The lowest BCUT2D eigenvalue weighted by Crippen LogP contribution is -1.95. The van der Waals surface area contributed by atoms with E-state index in [0.29, 0.717) is 0 Å². The highest BCUT2D eigenvalue weighted by atomic mass is 16.6. The van der Waals surface area contributed by atoms with Crippen molar-refractivity contribution in [2.75, 3.05) is 19.7 Å². The van der Waals surface area contributed by atoms with Crippen LogP contribution in [0.25, 0.3) is 10.8 Å². The van der Waals surface area contributed by atoms with Gasteiger partial charge >= 0.3 is 0 Å². The van der Waals surface area contributed by atoms with E-state index in [1.165, 1.54) is 0 Å². The van der Waals surface area contributed by atoms with E-state index in [0.717, 1.165) is 22.2 Å². The molecule has 0 fully saturated rings. The first-order chi connectivity index (χ1) is 7.35. The van der Waals surface area contributed by atoms with Crippen LogP contribution >= 0.6 is 0 Å². The fourth-order valence-electron chi connectivity index (χ4n) is 1.60. The Morgan fingerprint density at radius 2 is 1.93 bits per heavy atom. The van der Waals surface area contributed by atoms with Gasteiger partial charge in [0.25, 0.3) is 0 Å². The van der Waals surface area contributed by atoms with Crippen LogP contribution in [0, 0.1) is 0 Å². The normalized spacial score (nSPS) is 10.3. The fourth-order valence-corrected chi connectivity index (χ4v) is 1.60. The minimum absolute atomic E-state index is 0.868. The molecular weight excluding hydrogens is 190 g/mol. The van der Waals surface area contributed by atoms with Crippen LogP contribution in [0.5, 0.6) is 5.75 Å². The van der Waals surface area contributed by atoms with Crippen molar-refractivity contribution >= 4 is 16.5 Å². The molecule has 3 nitrogen and oxygen atoms in total. The van der Waals surface area contributed by atoms with Gasteiger partial charge in [-0.3, -0.25) is 10.3 Å². The molecule has 0 aliphatic carbocycles. The molecule has 0 saturated carbocycles. The number of methoxy groups -OCH3 is 1. The van der Waals surface area contributed by atoms with E-state index in [9.17, 15) is 0 Å². The first kappa shape index (κ1) is 9.80. The Labute approximate surface area is 88.6 Å². The summed E-state index contributed by atoms with van der Waals surface area (Å²) in [6, 6.07) is 12.0. The average Bonchev–Trinajstić information content (AvgIpc) is 2.28. The van der Waals surface area contributed by atoms with E-state index in [-0.39, 0.29) is 0 Å². The Bertz CT molecular complexity index is 468.